The van der Waals surface area contributed by atoms with E-state index in [9.17, 15) is 14.9 Å². The fourth-order valence-electron chi connectivity index (χ4n) is 3.38. The number of nitro groups is 1. The van der Waals surface area contributed by atoms with E-state index >= 15 is 0 Å². The van der Waals surface area contributed by atoms with Crippen LogP contribution in [0.2, 0.25) is 0 Å². The molecule has 12 heteroatoms. The van der Waals surface area contributed by atoms with Crippen molar-refractivity contribution in [3.63, 3.8) is 0 Å². The van der Waals surface area contributed by atoms with Crippen LogP contribution in [0.3, 0.4) is 0 Å². The quantitative estimate of drug-likeness (QED) is 0.279. The predicted molar refractivity (Wildman–Crippen MR) is 130 cm³/mol. The Bertz CT molecular complexity index is 1400. The zero-order valence-electron chi connectivity index (χ0n) is 19.3. The molecule has 0 aliphatic heterocycles. The van der Waals surface area contributed by atoms with Crippen LogP contribution < -0.4 is 19.5 Å². The van der Waals surface area contributed by atoms with E-state index in [0.29, 0.717) is 16.6 Å². The van der Waals surface area contributed by atoms with Crippen LogP contribution in [0.4, 0.5) is 11.5 Å². The standard InChI is InChI=1S/C23H21N5O6S/c1-13-9-21(25-22(29)16-10-19(33-3)20(34-4)11-18(16)28(30)31)27(26-13)23-24-17(12-35-23)14-5-7-15(32-2)8-6-14/h5-12H,1-4H3,(H,25,29). The van der Waals surface area contributed by atoms with Gasteiger partial charge in [0.1, 0.15) is 17.1 Å². The van der Waals surface area contributed by atoms with E-state index in [-0.39, 0.29) is 17.1 Å². The molecule has 0 aliphatic carbocycles. The van der Waals surface area contributed by atoms with E-state index in [1.165, 1.54) is 36.3 Å². The predicted octanol–water partition coefficient (Wildman–Crippen LogP) is 4.49. The van der Waals surface area contributed by atoms with Gasteiger partial charge in [0.15, 0.2) is 11.5 Å². The van der Waals surface area contributed by atoms with Gasteiger partial charge in [0.2, 0.25) is 5.13 Å². The Morgan fingerprint density at radius 3 is 2.37 bits per heavy atom. The molecule has 0 saturated heterocycles. The SMILES string of the molecule is COc1ccc(-c2csc(-n3nc(C)cc3NC(=O)c3cc(OC)c(OC)cc3[N+](=O)[O-])n2)cc1. The molecule has 11 nitrogen and oxygen atoms in total. The molecule has 2 heterocycles. The minimum atomic E-state index is -0.703. The largest absolute Gasteiger partial charge is 0.497 e. The summed E-state index contributed by atoms with van der Waals surface area (Å²) in [6.45, 7) is 1.77. The molecule has 0 fully saturated rings. The molecule has 0 saturated carbocycles. The van der Waals surface area contributed by atoms with Crippen LogP contribution in [0.5, 0.6) is 17.2 Å². The molecule has 4 rings (SSSR count). The number of thiazole rings is 1. The Hall–Kier alpha value is -4.45. The zero-order chi connectivity index (χ0) is 25.1. The number of hydrogen-bond donors (Lipinski definition) is 1. The highest BCUT2D eigenvalue weighted by molar-refractivity contribution is 7.12. The molecule has 35 heavy (non-hydrogen) atoms. The molecular formula is C23H21N5O6S. The summed E-state index contributed by atoms with van der Waals surface area (Å²) >= 11 is 1.34. The fraction of sp³-hybridized carbons (Fsp3) is 0.174. The maximum absolute atomic E-state index is 13.1. The van der Waals surface area contributed by atoms with Crippen LogP contribution in [0.25, 0.3) is 16.4 Å². The van der Waals surface area contributed by atoms with Crippen LogP contribution >= 0.6 is 11.3 Å². The maximum atomic E-state index is 13.1. The van der Waals surface area contributed by atoms with Crippen molar-refractivity contribution in [3.05, 3.63) is 69.2 Å². The van der Waals surface area contributed by atoms with Gasteiger partial charge in [-0.25, -0.2) is 4.98 Å². The third-order valence-electron chi connectivity index (χ3n) is 5.08. The summed E-state index contributed by atoms with van der Waals surface area (Å²) in [4.78, 5) is 28.7. The molecule has 0 bridgehead atoms. The van der Waals surface area contributed by atoms with Gasteiger partial charge in [-0.2, -0.15) is 9.78 Å². The number of aromatic nitrogens is 3. The number of nitro benzene ring substituents is 1. The van der Waals surface area contributed by atoms with E-state index in [1.807, 2.05) is 29.6 Å². The molecule has 0 radical (unpaired) electrons. The highest BCUT2D eigenvalue weighted by Gasteiger charge is 2.26. The average molecular weight is 496 g/mol. The molecule has 0 aliphatic rings. The van der Waals surface area contributed by atoms with Crippen LogP contribution in [-0.4, -0.2) is 46.9 Å². The molecule has 1 amide bonds. The number of carbonyl (C=O) groups excluding carboxylic acids is 1. The molecule has 2 aromatic carbocycles. The number of nitrogens with zero attached hydrogens (tertiary/aromatic N) is 4. The monoisotopic (exact) mass is 495 g/mol. The molecule has 0 unspecified atom stereocenters. The number of rotatable bonds is 8. The Morgan fingerprint density at radius 2 is 1.74 bits per heavy atom. The second kappa shape index (κ2) is 9.81. The first-order valence-electron chi connectivity index (χ1n) is 10.2. The first kappa shape index (κ1) is 23.7. The Morgan fingerprint density at radius 1 is 1.06 bits per heavy atom. The van der Waals surface area contributed by atoms with Crippen molar-refractivity contribution < 1.29 is 23.9 Å². The fourth-order valence-corrected chi connectivity index (χ4v) is 4.17. The Balaban J connectivity index is 1.66. The van der Waals surface area contributed by atoms with Gasteiger partial charge in [-0.15, -0.1) is 11.3 Å². The van der Waals surface area contributed by atoms with Crippen molar-refractivity contribution in [2.24, 2.45) is 0 Å². The van der Waals surface area contributed by atoms with Gasteiger partial charge in [-0.3, -0.25) is 14.9 Å². The normalized spacial score (nSPS) is 10.6. The summed E-state index contributed by atoms with van der Waals surface area (Å²) in [5, 5.41) is 21.1. The lowest BCUT2D eigenvalue weighted by atomic mass is 10.1. The van der Waals surface area contributed by atoms with Crippen molar-refractivity contribution >= 4 is 28.7 Å². The number of benzene rings is 2. The van der Waals surface area contributed by atoms with E-state index in [0.717, 1.165) is 23.1 Å². The van der Waals surface area contributed by atoms with Crippen molar-refractivity contribution in [1.82, 2.24) is 14.8 Å². The number of carbonyl (C=O) groups is 1. The van der Waals surface area contributed by atoms with Gasteiger partial charge in [0.25, 0.3) is 11.6 Å². The number of aryl methyl sites for hydroxylation is 1. The van der Waals surface area contributed by atoms with Gasteiger partial charge in [0.05, 0.1) is 43.7 Å². The molecular weight excluding hydrogens is 474 g/mol. The van der Waals surface area contributed by atoms with Crippen LogP contribution in [0.15, 0.2) is 47.8 Å². The second-order valence-electron chi connectivity index (χ2n) is 7.26. The van der Waals surface area contributed by atoms with Gasteiger partial charge in [-0.1, -0.05) is 0 Å². The van der Waals surface area contributed by atoms with E-state index in [2.05, 4.69) is 15.4 Å². The molecule has 1 N–H and O–H groups in total. The lowest BCUT2D eigenvalue weighted by molar-refractivity contribution is -0.385. The summed E-state index contributed by atoms with van der Waals surface area (Å²) in [6, 6.07) is 11.5. The van der Waals surface area contributed by atoms with Crippen LogP contribution in [0.1, 0.15) is 16.1 Å². The van der Waals surface area contributed by atoms with E-state index in [4.69, 9.17) is 14.2 Å². The number of nitrogens with one attached hydrogen (secondary N) is 1. The van der Waals surface area contributed by atoms with Gasteiger partial charge in [0, 0.05) is 23.1 Å². The lowest BCUT2D eigenvalue weighted by Gasteiger charge is -2.11. The maximum Gasteiger partial charge on any atom is 0.286 e. The van der Waals surface area contributed by atoms with Crippen LogP contribution in [-0.2, 0) is 0 Å². The zero-order valence-corrected chi connectivity index (χ0v) is 20.1. The van der Waals surface area contributed by atoms with Crippen molar-refractivity contribution in [2.45, 2.75) is 6.92 Å². The smallest absolute Gasteiger partial charge is 0.286 e. The van der Waals surface area contributed by atoms with Crippen molar-refractivity contribution in [1.29, 1.82) is 0 Å². The number of methoxy groups -OCH3 is 3. The van der Waals surface area contributed by atoms with E-state index in [1.54, 1.807) is 20.1 Å². The summed E-state index contributed by atoms with van der Waals surface area (Å²) in [7, 11) is 4.34. The summed E-state index contributed by atoms with van der Waals surface area (Å²) in [6.07, 6.45) is 0. The lowest BCUT2D eigenvalue weighted by Crippen LogP contribution is -2.17. The number of ether oxygens (including phenoxy) is 3. The minimum Gasteiger partial charge on any atom is -0.497 e. The van der Waals surface area contributed by atoms with E-state index < -0.39 is 16.5 Å². The van der Waals surface area contributed by atoms with Crippen molar-refractivity contribution in [2.75, 3.05) is 26.6 Å². The highest BCUT2D eigenvalue weighted by Crippen LogP contribution is 2.35. The second-order valence-corrected chi connectivity index (χ2v) is 8.10. The van der Waals surface area contributed by atoms with Gasteiger partial charge in [-0.05, 0) is 31.2 Å². The van der Waals surface area contributed by atoms with Crippen molar-refractivity contribution in [3.8, 4) is 33.6 Å². The number of amides is 1. The first-order valence-corrected chi connectivity index (χ1v) is 11.1. The number of hydrogen-bond acceptors (Lipinski definition) is 9. The summed E-state index contributed by atoms with van der Waals surface area (Å²) in [5.41, 5.74) is 1.65. The van der Waals surface area contributed by atoms with Crippen LogP contribution in [0, 0.1) is 17.0 Å². The first-order chi connectivity index (χ1) is 16.8. The highest BCUT2D eigenvalue weighted by atomic mass is 32.1. The Kier molecular flexibility index (Phi) is 6.64. The van der Waals surface area contributed by atoms with Gasteiger partial charge >= 0.3 is 0 Å². The molecule has 4 aromatic rings. The third-order valence-corrected chi connectivity index (χ3v) is 5.89. The Labute approximate surface area is 204 Å². The summed E-state index contributed by atoms with van der Waals surface area (Å²) < 4.78 is 17.0. The molecule has 180 valence electrons. The third kappa shape index (κ3) is 4.77. The molecule has 2 aromatic heterocycles. The molecule has 0 atom stereocenters. The van der Waals surface area contributed by atoms with Gasteiger partial charge < -0.3 is 19.5 Å². The number of anilines is 1. The molecule has 0 spiro atoms. The summed E-state index contributed by atoms with van der Waals surface area (Å²) in [5.74, 6) is 0.682. The topological polar surface area (TPSA) is 131 Å². The average Bonchev–Trinajstić information content (AvgIpc) is 3.49. The minimum absolute atomic E-state index is 0.144.